The van der Waals surface area contributed by atoms with E-state index in [1.807, 2.05) is 6.20 Å². The zero-order chi connectivity index (χ0) is 22.1. The molecule has 0 bridgehead atoms. The lowest BCUT2D eigenvalue weighted by molar-refractivity contribution is 0.750. The summed E-state index contributed by atoms with van der Waals surface area (Å²) in [4.78, 5) is 4.73. The van der Waals surface area contributed by atoms with Crippen molar-refractivity contribution in [3.8, 4) is 22.3 Å². The van der Waals surface area contributed by atoms with Crippen molar-refractivity contribution in [2.45, 2.75) is 65.3 Å². The van der Waals surface area contributed by atoms with Crippen LogP contribution in [0.25, 0.3) is 22.3 Å². The Bertz CT molecular complexity index is 1070. The van der Waals surface area contributed by atoms with Gasteiger partial charge in [-0.2, -0.15) is 0 Å². The lowest BCUT2D eigenvalue weighted by Crippen LogP contribution is -2.15. The Kier molecular flexibility index (Phi) is 5.91. The molecule has 2 saturated carbocycles. The van der Waals surface area contributed by atoms with Crippen LogP contribution in [0.4, 0.5) is 11.5 Å². The van der Waals surface area contributed by atoms with E-state index in [9.17, 15) is 0 Å². The maximum absolute atomic E-state index is 4.73. The topological polar surface area (TPSA) is 37.0 Å². The molecule has 166 valence electrons. The van der Waals surface area contributed by atoms with Crippen LogP contribution in [0.15, 0.2) is 48.7 Å². The average Bonchev–Trinajstić information content (AvgIpc) is 3.50. The van der Waals surface area contributed by atoms with Crippen molar-refractivity contribution in [3.63, 3.8) is 0 Å². The number of hydrogen-bond donors (Lipinski definition) is 2. The molecule has 1 heterocycles. The Morgan fingerprint density at radius 1 is 0.844 bits per heavy atom. The van der Waals surface area contributed by atoms with Gasteiger partial charge in [-0.25, -0.2) is 4.98 Å². The van der Waals surface area contributed by atoms with E-state index >= 15 is 0 Å². The van der Waals surface area contributed by atoms with Gasteiger partial charge in [0.15, 0.2) is 0 Å². The van der Waals surface area contributed by atoms with Gasteiger partial charge in [-0.05, 0) is 110 Å². The van der Waals surface area contributed by atoms with E-state index in [0.717, 1.165) is 18.3 Å². The third kappa shape index (κ3) is 4.53. The molecular formula is C29H35N3. The number of hydrogen-bond acceptors (Lipinski definition) is 3. The van der Waals surface area contributed by atoms with Crippen LogP contribution >= 0.6 is 0 Å². The van der Waals surface area contributed by atoms with Gasteiger partial charge in [0.2, 0.25) is 0 Å². The highest BCUT2D eigenvalue weighted by Gasteiger charge is 2.20. The van der Waals surface area contributed by atoms with Gasteiger partial charge in [-0.1, -0.05) is 31.0 Å². The second-order valence-corrected chi connectivity index (χ2v) is 9.83. The smallest absolute Gasteiger partial charge is 0.126 e. The largest absolute Gasteiger partial charge is 0.385 e. The molecule has 3 heteroatoms. The van der Waals surface area contributed by atoms with Crippen LogP contribution in [-0.2, 0) is 0 Å². The summed E-state index contributed by atoms with van der Waals surface area (Å²) >= 11 is 0. The number of aromatic nitrogens is 1. The maximum atomic E-state index is 4.73. The monoisotopic (exact) mass is 425 g/mol. The fourth-order valence-corrected chi connectivity index (χ4v) is 5.08. The number of anilines is 2. The summed E-state index contributed by atoms with van der Waals surface area (Å²) in [5.41, 5.74) is 10.3. The number of benzene rings is 2. The molecule has 0 atom stereocenters. The molecule has 3 nitrogen and oxygen atoms in total. The molecule has 0 amide bonds. The van der Waals surface area contributed by atoms with Crippen LogP contribution in [0.2, 0.25) is 0 Å². The van der Waals surface area contributed by atoms with Crippen molar-refractivity contribution in [1.29, 1.82) is 0 Å². The summed E-state index contributed by atoms with van der Waals surface area (Å²) in [6.45, 7) is 7.83. The molecule has 0 saturated heterocycles. The SMILES string of the molecule is Cc1cc(-c2ccc(NC3CCCC3)nc2)c(C)c(C)c1-c1ccc(NCC2CC2)cc1. The van der Waals surface area contributed by atoms with E-state index < -0.39 is 0 Å². The maximum Gasteiger partial charge on any atom is 0.126 e. The Labute approximate surface area is 192 Å². The predicted octanol–water partition coefficient (Wildman–Crippen LogP) is 7.52. The van der Waals surface area contributed by atoms with Crippen LogP contribution in [0, 0.1) is 26.7 Å². The summed E-state index contributed by atoms with van der Waals surface area (Å²) in [5, 5.41) is 7.17. The quantitative estimate of drug-likeness (QED) is 0.411. The Balaban J connectivity index is 1.37. The lowest BCUT2D eigenvalue weighted by Gasteiger charge is -2.18. The molecule has 2 N–H and O–H groups in total. The van der Waals surface area contributed by atoms with Crippen molar-refractivity contribution >= 4 is 11.5 Å². The first kappa shape index (κ1) is 21.1. The molecule has 2 aliphatic carbocycles. The summed E-state index contributed by atoms with van der Waals surface area (Å²) < 4.78 is 0. The van der Waals surface area contributed by atoms with Crippen LogP contribution in [0.1, 0.15) is 55.2 Å². The van der Waals surface area contributed by atoms with Crippen LogP contribution in [-0.4, -0.2) is 17.6 Å². The van der Waals surface area contributed by atoms with Crippen LogP contribution in [0.5, 0.6) is 0 Å². The summed E-state index contributed by atoms with van der Waals surface area (Å²) in [7, 11) is 0. The first-order valence-corrected chi connectivity index (χ1v) is 12.3. The molecule has 1 aromatic heterocycles. The fourth-order valence-electron chi connectivity index (χ4n) is 5.08. The summed E-state index contributed by atoms with van der Waals surface area (Å²) in [5.74, 6) is 1.88. The van der Waals surface area contributed by atoms with Gasteiger partial charge in [-0.3, -0.25) is 0 Å². The molecule has 3 aromatic rings. The lowest BCUT2D eigenvalue weighted by atomic mass is 9.87. The second-order valence-electron chi connectivity index (χ2n) is 9.83. The van der Waals surface area contributed by atoms with Gasteiger partial charge in [0, 0.05) is 30.0 Å². The van der Waals surface area contributed by atoms with Gasteiger partial charge in [0.25, 0.3) is 0 Å². The normalized spacial score (nSPS) is 16.3. The molecule has 5 rings (SSSR count). The predicted molar refractivity (Wildman–Crippen MR) is 136 cm³/mol. The van der Waals surface area contributed by atoms with Gasteiger partial charge >= 0.3 is 0 Å². The Morgan fingerprint density at radius 2 is 1.56 bits per heavy atom. The highest BCUT2D eigenvalue weighted by atomic mass is 15.0. The molecule has 2 fully saturated rings. The first-order valence-electron chi connectivity index (χ1n) is 12.3. The van der Waals surface area contributed by atoms with E-state index in [2.05, 4.69) is 73.9 Å². The fraction of sp³-hybridized carbons (Fsp3) is 0.414. The summed E-state index contributed by atoms with van der Waals surface area (Å²) in [6.07, 6.45) is 9.98. The van der Waals surface area contributed by atoms with Crippen LogP contribution < -0.4 is 10.6 Å². The van der Waals surface area contributed by atoms with E-state index in [-0.39, 0.29) is 0 Å². The van der Waals surface area contributed by atoms with Crippen molar-refractivity contribution < 1.29 is 0 Å². The standard InChI is InChI=1S/C29H35N3/c1-19-16-27(24-12-15-28(31-18-24)32-26-6-4-5-7-26)20(2)21(3)29(19)23-10-13-25(14-11-23)30-17-22-8-9-22/h10-16,18,22,26,30H,4-9,17H2,1-3H3,(H,31,32). The van der Waals surface area contributed by atoms with Crippen molar-refractivity contribution in [2.24, 2.45) is 5.92 Å². The second kappa shape index (κ2) is 8.97. The Morgan fingerprint density at radius 3 is 2.22 bits per heavy atom. The molecule has 0 radical (unpaired) electrons. The molecule has 0 aliphatic heterocycles. The van der Waals surface area contributed by atoms with E-state index in [1.54, 1.807) is 0 Å². The van der Waals surface area contributed by atoms with Crippen LogP contribution in [0.3, 0.4) is 0 Å². The number of pyridine rings is 1. The summed E-state index contributed by atoms with van der Waals surface area (Å²) in [6, 6.07) is 16.2. The number of aryl methyl sites for hydroxylation is 1. The minimum atomic E-state index is 0.592. The Hall–Kier alpha value is -2.81. The van der Waals surface area contributed by atoms with Crippen molar-refractivity contribution in [2.75, 3.05) is 17.2 Å². The molecule has 2 aliphatic rings. The third-order valence-electron chi connectivity index (χ3n) is 7.34. The molecule has 0 unspecified atom stereocenters. The van der Waals surface area contributed by atoms with Gasteiger partial charge < -0.3 is 10.6 Å². The van der Waals surface area contributed by atoms with E-state index in [4.69, 9.17) is 4.98 Å². The highest BCUT2D eigenvalue weighted by molar-refractivity contribution is 5.80. The third-order valence-corrected chi connectivity index (χ3v) is 7.34. The first-order chi connectivity index (χ1) is 15.6. The van der Waals surface area contributed by atoms with Crippen molar-refractivity contribution in [3.05, 3.63) is 65.4 Å². The number of rotatable bonds is 7. The zero-order valence-electron chi connectivity index (χ0n) is 19.7. The number of nitrogens with zero attached hydrogens (tertiary/aromatic N) is 1. The zero-order valence-corrected chi connectivity index (χ0v) is 19.7. The molecule has 2 aromatic carbocycles. The number of nitrogens with one attached hydrogen (secondary N) is 2. The van der Waals surface area contributed by atoms with Gasteiger partial charge in [-0.15, -0.1) is 0 Å². The van der Waals surface area contributed by atoms with Gasteiger partial charge in [0.05, 0.1) is 0 Å². The molecule has 0 spiro atoms. The minimum Gasteiger partial charge on any atom is -0.385 e. The van der Waals surface area contributed by atoms with Crippen molar-refractivity contribution in [1.82, 2.24) is 4.98 Å². The molecular weight excluding hydrogens is 390 g/mol. The van der Waals surface area contributed by atoms with Gasteiger partial charge in [0.1, 0.15) is 5.82 Å². The highest BCUT2D eigenvalue weighted by Crippen LogP contribution is 2.36. The average molecular weight is 426 g/mol. The van der Waals surface area contributed by atoms with E-state index in [1.165, 1.54) is 83.2 Å². The van der Waals surface area contributed by atoms with E-state index in [0.29, 0.717) is 6.04 Å². The molecule has 32 heavy (non-hydrogen) atoms. The minimum absolute atomic E-state index is 0.592.